The zero-order chi connectivity index (χ0) is 21.1. The van der Waals surface area contributed by atoms with Crippen molar-refractivity contribution >= 4 is 9.24 Å². The summed E-state index contributed by atoms with van der Waals surface area (Å²) in [6.45, 7) is 10.3. The Kier molecular flexibility index (Phi) is 10.0. The van der Waals surface area contributed by atoms with Gasteiger partial charge in [0, 0.05) is 17.7 Å². The standard InChI is InChI=1S/C24H29N2P.C2H6/c1-18(2)19-9-11-20(12-10-19)23-14-13-22(17-25-15-6-16-27)26-24(23)21-7-4-3-5-8-21;1-2/h3-5,7-14,18,25H,6,15-17,27H2,1-2H3;1-2H3. The molecule has 0 spiro atoms. The molecule has 1 atom stereocenters. The topological polar surface area (TPSA) is 24.9 Å². The second-order valence-corrected chi connectivity index (χ2v) is 7.74. The van der Waals surface area contributed by atoms with Gasteiger partial charge < -0.3 is 5.32 Å². The van der Waals surface area contributed by atoms with E-state index in [4.69, 9.17) is 4.98 Å². The molecule has 2 aromatic carbocycles. The van der Waals surface area contributed by atoms with Crippen LogP contribution in [-0.2, 0) is 6.54 Å². The summed E-state index contributed by atoms with van der Waals surface area (Å²) in [7, 11) is 2.77. The van der Waals surface area contributed by atoms with Gasteiger partial charge in [0.05, 0.1) is 11.4 Å². The van der Waals surface area contributed by atoms with Gasteiger partial charge in [-0.2, -0.15) is 0 Å². The molecule has 2 nitrogen and oxygen atoms in total. The monoisotopic (exact) mass is 406 g/mol. The van der Waals surface area contributed by atoms with Crippen molar-refractivity contribution in [1.29, 1.82) is 0 Å². The molecule has 3 aromatic rings. The minimum atomic E-state index is 0.542. The van der Waals surface area contributed by atoms with Crippen molar-refractivity contribution < 1.29 is 0 Å². The summed E-state index contributed by atoms with van der Waals surface area (Å²) in [5.41, 5.74) is 7.06. The number of hydrogen-bond acceptors (Lipinski definition) is 2. The average molecular weight is 407 g/mol. The van der Waals surface area contributed by atoms with E-state index in [0.717, 1.165) is 42.6 Å². The van der Waals surface area contributed by atoms with Crippen molar-refractivity contribution in [1.82, 2.24) is 10.3 Å². The fraction of sp³-hybridized carbons (Fsp3) is 0.346. The molecular formula is C26H35N2P. The normalized spacial score (nSPS) is 10.6. The Labute approximate surface area is 179 Å². The van der Waals surface area contributed by atoms with Gasteiger partial charge in [-0.05, 0) is 42.2 Å². The Morgan fingerprint density at radius 1 is 0.862 bits per heavy atom. The smallest absolute Gasteiger partial charge is 0.0784 e. The maximum absolute atomic E-state index is 5.01. The number of hydrogen-bond donors (Lipinski definition) is 1. The van der Waals surface area contributed by atoms with Crippen molar-refractivity contribution in [3.8, 4) is 22.4 Å². The van der Waals surface area contributed by atoms with Gasteiger partial charge in [-0.15, -0.1) is 9.24 Å². The van der Waals surface area contributed by atoms with Crippen molar-refractivity contribution in [2.45, 2.75) is 46.6 Å². The lowest BCUT2D eigenvalue weighted by Crippen LogP contribution is -2.16. The maximum atomic E-state index is 5.01. The van der Waals surface area contributed by atoms with Crippen LogP contribution in [0.5, 0.6) is 0 Å². The fourth-order valence-electron chi connectivity index (χ4n) is 3.14. The molecule has 0 saturated carbocycles. The zero-order valence-corrected chi connectivity index (χ0v) is 19.4. The summed E-state index contributed by atoms with van der Waals surface area (Å²) in [6, 6.07) is 23.7. The third kappa shape index (κ3) is 6.77. The van der Waals surface area contributed by atoms with Gasteiger partial charge in [0.2, 0.25) is 0 Å². The van der Waals surface area contributed by atoms with Gasteiger partial charge >= 0.3 is 0 Å². The molecule has 0 radical (unpaired) electrons. The highest BCUT2D eigenvalue weighted by Crippen LogP contribution is 2.31. The second kappa shape index (κ2) is 12.5. The summed E-state index contributed by atoms with van der Waals surface area (Å²) in [4.78, 5) is 5.01. The Morgan fingerprint density at radius 2 is 1.55 bits per heavy atom. The first-order valence-electron chi connectivity index (χ1n) is 10.8. The van der Waals surface area contributed by atoms with E-state index in [2.05, 4.69) is 95.1 Å². The Hall–Kier alpha value is -2.02. The van der Waals surface area contributed by atoms with Gasteiger partial charge in [-0.3, -0.25) is 4.98 Å². The van der Waals surface area contributed by atoms with E-state index >= 15 is 0 Å². The third-order valence-electron chi connectivity index (χ3n) is 4.75. The number of nitrogens with zero attached hydrogens (tertiary/aromatic N) is 1. The lowest BCUT2D eigenvalue weighted by molar-refractivity contribution is 0.668. The van der Waals surface area contributed by atoms with E-state index in [0.29, 0.717) is 5.92 Å². The van der Waals surface area contributed by atoms with Gasteiger partial charge in [0.15, 0.2) is 0 Å². The highest BCUT2D eigenvalue weighted by molar-refractivity contribution is 7.16. The summed E-state index contributed by atoms with van der Waals surface area (Å²) in [5.74, 6) is 0.542. The molecule has 0 aliphatic heterocycles. The molecule has 1 unspecified atom stereocenters. The minimum Gasteiger partial charge on any atom is -0.311 e. The molecule has 0 amide bonds. The Morgan fingerprint density at radius 3 is 2.17 bits per heavy atom. The number of nitrogens with one attached hydrogen (secondary N) is 1. The highest BCUT2D eigenvalue weighted by atomic mass is 31.0. The Bertz CT molecular complexity index is 842. The van der Waals surface area contributed by atoms with Crippen molar-refractivity contribution in [3.63, 3.8) is 0 Å². The zero-order valence-electron chi connectivity index (χ0n) is 18.3. The molecular weight excluding hydrogens is 371 g/mol. The van der Waals surface area contributed by atoms with E-state index in [1.807, 2.05) is 13.8 Å². The van der Waals surface area contributed by atoms with Gasteiger partial charge in [-0.1, -0.05) is 88.4 Å². The molecule has 1 N–H and O–H groups in total. The van der Waals surface area contributed by atoms with Crippen LogP contribution in [0.15, 0.2) is 66.7 Å². The van der Waals surface area contributed by atoms with E-state index in [1.165, 1.54) is 16.7 Å². The van der Waals surface area contributed by atoms with Gasteiger partial charge in [-0.25, -0.2) is 0 Å². The van der Waals surface area contributed by atoms with Crippen LogP contribution in [0, 0.1) is 0 Å². The third-order valence-corrected chi connectivity index (χ3v) is 5.16. The van der Waals surface area contributed by atoms with Crippen LogP contribution in [0.25, 0.3) is 22.4 Å². The first-order chi connectivity index (χ1) is 14.2. The van der Waals surface area contributed by atoms with E-state index in [9.17, 15) is 0 Å². The summed E-state index contributed by atoms with van der Waals surface area (Å²) < 4.78 is 0. The largest absolute Gasteiger partial charge is 0.311 e. The summed E-state index contributed by atoms with van der Waals surface area (Å²) >= 11 is 0. The SMILES string of the molecule is CC.CC(C)c1ccc(-c2ccc(CNCCCP)nc2-c2ccccc2)cc1. The van der Waals surface area contributed by atoms with Crippen LogP contribution in [-0.4, -0.2) is 17.7 Å². The first kappa shape index (κ1) is 23.3. The van der Waals surface area contributed by atoms with Crippen LogP contribution in [0.4, 0.5) is 0 Å². The van der Waals surface area contributed by atoms with Crippen molar-refractivity contribution in [2.24, 2.45) is 0 Å². The molecule has 1 aromatic heterocycles. The molecule has 0 bridgehead atoms. The first-order valence-corrected chi connectivity index (χ1v) is 11.6. The average Bonchev–Trinajstić information content (AvgIpc) is 2.79. The molecule has 3 rings (SSSR count). The predicted molar refractivity (Wildman–Crippen MR) is 131 cm³/mol. The molecule has 1 heterocycles. The van der Waals surface area contributed by atoms with Crippen molar-refractivity contribution in [2.75, 3.05) is 12.7 Å². The molecule has 154 valence electrons. The molecule has 0 saturated heterocycles. The molecule has 0 aliphatic rings. The predicted octanol–water partition coefficient (Wildman–Crippen LogP) is 6.92. The van der Waals surface area contributed by atoms with Crippen LogP contribution >= 0.6 is 9.24 Å². The van der Waals surface area contributed by atoms with Crippen LogP contribution in [0.2, 0.25) is 0 Å². The fourth-order valence-corrected chi connectivity index (χ4v) is 3.34. The second-order valence-electron chi connectivity index (χ2n) is 7.16. The lowest BCUT2D eigenvalue weighted by Gasteiger charge is -2.13. The molecule has 0 fully saturated rings. The van der Waals surface area contributed by atoms with Gasteiger partial charge in [0.25, 0.3) is 0 Å². The number of aromatic nitrogens is 1. The Balaban J connectivity index is 0.00000145. The van der Waals surface area contributed by atoms with Crippen LogP contribution < -0.4 is 5.32 Å². The molecule has 0 aliphatic carbocycles. The highest BCUT2D eigenvalue weighted by Gasteiger charge is 2.11. The van der Waals surface area contributed by atoms with Crippen LogP contribution in [0.3, 0.4) is 0 Å². The molecule has 29 heavy (non-hydrogen) atoms. The van der Waals surface area contributed by atoms with E-state index in [1.54, 1.807) is 0 Å². The number of rotatable bonds is 8. The summed E-state index contributed by atoms with van der Waals surface area (Å²) in [6.07, 6.45) is 2.29. The minimum absolute atomic E-state index is 0.542. The molecule has 3 heteroatoms. The van der Waals surface area contributed by atoms with E-state index < -0.39 is 0 Å². The number of pyridine rings is 1. The lowest BCUT2D eigenvalue weighted by atomic mass is 9.95. The van der Waals surface area contributed by atoms with Crippen LogP contribution in [0.1, 0.15) is 51.3 Å². The van der Waals surface area contributed by atoms with Crippen molar-refractivity contribution in [3.05, 3.63) is 78.0 Å². The van der Waals surface area contributed by atoms with E-state index in [-0.39, 0.29) is 0 Å². The summed E-state index contributed by atoms with van der Waals surface area (Å²) in [5, 5.41) is 3.48. The number of benzene rings is 2. The maximum Gasteiger partial charge on any atom is 0.0784 e. The van der Waals surface area contributed by atoms with Gasteiger partial charge in [0.1, 0.15) is 0 Å². The quantitative estimate of drug-likeness (QED) is 0.324.